The fraction of sp³-hybridized carbons (Fsp3) is 0.333. The summed E-state index contributed by atoms with van der Waals surface area (Å²) in [7, 11) is 0. The van der Waals surface area contributed by atoms with Gasteiger partial charge < -0.3 is 24.8 Å². The Morgan fingerprint density at radius 3 is 2.84 bits per heavy atom. The molecule has 1 unspecified atom stereocenters. The molecule has 1 fully saturated rings. The van der Waals surface area contributed by atoms with Gasteiger partial charge in [0.25, 0.3) is 5.91 Å². The van der Waals surface area contributed by atoms with Gasteiger partial charge in [0.05, 0.1) is 12.3 Å². The number of fused-ring (bicyclic) bond motifs is 1. The summed E-state index contributed by atoms with van der Waals surface area (Å²) in [6, 6.07) is 11.2. The van der Waals surface area contributed by atoms with Crippen LogP contribution in [0.4, 0.5) is 5.82 Å². The van der Waals surface area contributed by atoms with Crippen molar-refractivity contribution in [3.8, 4) is 22.8 Å². The van der Waals surface area contributed by atoms with Gasteiger partial charge in [-0.15, -0.1) is 0 Å². The van der Waals surface area contributed by atoms with Crippen molar-refractivity contribution in [2.75, 3.05) is 38.2 Å². The zero-order chi connectivity index (χ0) is 17.1. The third kappa shape index (κ3) is 3.57. The number of nitrogens with one attached hydrogen (secondary N) is 2. The van der Waals surface area contributed by atoms with Crippen LogP contribution in [0.5, 0.6) is 11.5 Å². The average Bonchev–Trinajstić information content (AvgIpc) is 2.68. The number of carbonyl (C=O) groups is 1. The highest BCUT2D eigenvalue weighted by Gasteiger charge is 2.22. The van der Waals surface area contributed by atoms with Gasteiger partial charge in [-0.3, -0.25) is 4.79 Å². The molecule has 1 saturated heterocycles. The number of morpholine rings is 1. The molecule has 7 heteroatoms. The Morgan fingerprint density at radius 1 is 1.12 bits per heavy atom. The molecule has 1 atom stereocenters. The van der Waals surface area contributed by atoms with E-state index in [1.54, 1.807) is 6.07 Å². The Labute approximate surface area is 145 Å². The number of benzene rings is 1. The first-order chi connectivity index (χ1) is 12.3. The van der Waals surface area contributed by atoms with Crippen LogP contribution in [-0.2, 0) is 9.53 Å². The number of hydrogen-bond donors (Lipinski definition) is 2. The highest BCUT2D eigenvalue weighted by atomic mass is 16.6. The van der Waals surface area contributed by atoms with E-state index >= 15 is 0 Å². The molecule has 130 valence electrons. The number of amides is 1. The highest BCUT2D eigenvalue weighted by Crippen LogP contribution is 2.34. The average molecular weight is 341 g/mol. The number of pyridine rings is 1. The monoisotopic (exact) mass is 341 g/mol. The van der Waals surface area contributed by atoms with E-state index in [0.717, 1.165) is 23.6 Å². The molecule has 0 bridgehead atoms. The Hall–Kier alpha value is -2.64. The zero-order valence-electron chi connectivity index (χ0n) is 13.7. The Balaban J connectivity index is 1.52. The van der Waals surface area contributed by atoms with E-state index in [1.807, 2.05) is 30.3 Å². The Morgan fingerprint density at radius 2 is 2.00 bits per heavy atom. The summed E-state index contributed by atoms with van der Waals surface area (Å²) in [6.07, 6.45) is -0.492. The second-order valence-electron chi connectivity index (χ2n) is 5.82. The summed E-state index contributed by atoms with van der Waals surface area (Å²) < 4.78 is 16.6. The third-order valence-electron chi connectivity index (χ3n) is 4.06. The lowest BCUT2D eigenvalue weighted by atomic mass is 10.1. The van der Waals surface area contributed by atoms with E-state index in [4.69, 9.17) is 14.2 Å². The van der Waals surface area contributed by atoms with Crippen LogP contribution >= 0.6 is 0 Å². The van der Waals surface area contributed by atoms with E-state index in [9.17, 15) is 4.79 Å². The number of rotatable bonds is 3. The zero-order valence-corrected chi connectivity index (χ0v) is 13.7. The van der Waals surface area contributed by atoms with Crippen molar-refractivity contribution in [3.05, 3.63) is 36.4 Å². The van der Waals surface area contributed by atoms with E-state index in [-0.39, 0.29) is 5.91 Å². The van der Waals surface area contributed by atoms with Crippen LogP contribution in [0.2, 0.25) is 0 Å². The molecule has 1 aromatic heterocycles. The van der Waals surface area contributed by atoms with Crippen LogP contribution in [0.3, 0.4) is 0 Å². The van der Waals surface area contributed by atoms with Crippen molar-refractivity contribution in [3.63, 3.8) is 0 Å². The fourth-order valence-electron chi connectivity index (χ4n) is 2.81. The number of hydrogen-bond acceptors (Lipinski definition) is 6. The second kappa shape index (κ2) is 7.08. The predicted molar refractivity (Wildman–Crippen MR) is 91.9 cm³/mol. The minimum atomic E-state index is -0.492. The molecule has 2 aromatic rings. The number of anilines is 1. The van der Waals surface area contributed by atoms with Gasteiger partial charge >= 0.3 is 0 Å². The third-order valence-corrected chi connectivity index (χ3v) is 4.06. The number of nitrogens with zero attached hydrogens (tertiary/aromatic N) is 1. The fourth-order valence-corrected chi connectivity index (χ4v) is 2.81. The first-order valence-corrected chi connectivity index (χ1v) is 8.30. The van der Waals surface area contributed by atoms with Gasteiger partial charge in [0, 0.05) is 18.7 Å². The maximum atomic E-state index is 12.3. The minimum Gasteiger partial charge on any atom is -0.486 e. The molecule has 0 aliphatic carbocycles. The smallest absolute Gasteiger partial charge is 0.255 e. The maximum Gasteiger partial charge on any atom is 0.255 e. The molecule has 0 spiro atoms. The summed E-state index contributed by atoms with van der Waals surface area (Å²) in [4.78, 5) is 16.8. The van der Waals surface area contributed by atoms with Crippen LogP contribution in [0.15, 0.2) is 36.4 Å². The molecule has 7 nitrogen and oxygen atoms in total. The van der Waals surface area contributed by atoms with Crippen LogP contribution in [-0.4, -0.2) is 49.9 Å². The largest absolute Gasteiger partial charge is 0.486 e. The second-order valence-corrected chi connectivity index (χ2v) is 5.82. The number of ether oxygens (including phenoxy) is 3. The maximum absolute atomic E-state index is 12.3. The lowest BCUT2D eigenvalue weighted by Gasteiger charge is -2.22. The Kier molecular flexibility index (Phi) is 4.49. The molecule has 0 saturated carbocycles. The standard InChI is InChI=1S/C18H19N3O4/c22-18(16-11-19-6-7-23-16)21-17-3-1-2-13(20-17)12-4-5-14-15(10-12)25-9-8-24-14/h1-5,10,16,19H,6-9,11H2,(H,20,21,22). The van der Waals surface area contributed by atoms with Crippen LogP contribution < -0.4 is 20.1 Å². The van der Waals surface area contributed by atoms with Gasteiger partial charge in [-0.2, -0.15) is 0 Å². The van der Waals surface area contributed by atoms with Gasteiger partial charge in [-0.1, -0.05) is 6.07 Å². The van der Waals surface area contributed by atoms with E-state index in [1.165, 1.54) is 0 Å². The lowest BCUT2D eigenvalue weighted by Crippen LogP contribution is -2.45. The van der Waals surface area contributed by atoms with Crippen molar-refractivity contribution in [2.45, 2.75) is 6.10 Å². The molecular formula is C18H19N3O4. The lowest BCUT2D eigenvalue weighted by molar-refractivity contribution is -0.128. The first-order valence-electron chi connectivity index (χ1n) is 8.30. The summed E-state index contributed by atoms with van der Waals surface area (Å²) >= 11 is 0. The van der Waals surface area contributed by atoms with Gasteiger partial charge in [-0.25, -0.2) is 4.98 Å². The molecule has 2 aliphatic heterocycles. The number of carbonyl (C=O) groups excluding carboxylic acids is 1. The molecule has 2 aliphatic rings. The molecule has 1 amide bonds. The number of aromatic nitrogens is 1. The van der Waals surface area contributed by atoms with Gasteiger partial charge in [-0.05, 0) is 30.3 Å². The quantitative estimate of drug-likeness (QED) is 0.879. The minimum absolute atomic E-state index is 0.195. The highest BCUT2D eigenvalue weighted by molar-refractivity contribution is 5.93. The first kappa shape index (κ1) is 15.9. The molecule has 0 radical (unpaired) electrons. The van der Waals surface area contributed by atoms with Crippen LogP contribution in [0.1, 0.15) is 0 Å². The van der Waals surface area contributed by atoms with E-state index in [0.29, 0.717) is 37.9 Å². The summed E-state index contributed by atoms with van der Waals surface area (Å²) in [6.45, 7) is 2.90. The molecule has 1 aromatic carbocycles. The van der Waals surface area contributed by atoms with E-state index in [2.05, 4.69) is 15.6 Å². The van der Waals surface area contributed by atoms with Crippen molar-refractivity contribution in [1.82, 2.24) is 10.3 Å². The van der Waals surface area contributed by atoms with Crippen LogP contribution in [0.25, 0.3) is 11.3 Å². The molecule has 25 heavy (non-hydrogen) atoms. The summed E-state index contributed by atoms with van der Waals surface area (Å²) in [5.41, 5.74) is 1.65. The van der Waals surface area contributed by atoms with Gasteiger partial charge in [0.15, 0.2) is 11.5 Å². The van der Waals surface area contributed by atoms with Crippen LogP contribution in [0, 0.1) is 0 Å². The van der Waals surface area contributed by atoms with Crippen molar-refractivity contribution < 1.29 is 19.0 Å². The predicted octanol–water partition coefficient (Wildman–Crippen LogP) is 1.45. The van der Waals surface area contributed by atoms with Gasteiger partial charge in [0.2, 0.25) is 0 Å². The van der Waals surface area contributed by atoms with Crippen molar-refractivity contribution in [1.29, 1.82) is 0 Å². The normalized spacial score (nSPS) is 19.3. The Bertz CT molecular complexity index is 775. The molecule has 4 rings (SSSR count). The van der Waals surface area contributed by atoms with Crippen molar-refractivity contribution in [2.24, 2.45) is 0 Å². The summed E-state index contributed by atoms with van der Waals surface area (Å²) in [5.74, 6) is 1.74. The topological polar surface area (TPSA) is 81.7 Å². The summed E-state index contributed by atoms with van der Waals surface area (Å²) in [5, 5.41) is 5.95. The molecule has 3 heterocycles. The molecular weight excluding hydrogens is 322 g/mol. The van der Waals surface area contributed by atoms with E-state index < -0.39 is 6.10 Å². The SMILES string of the molecule is O=C(Nc1cccc(-c2ccc3c(c2)OCCO3)n1)C1CNCCO1. The van der Waals surface area contributed by atoms with Gasteiger partial charge in [0.1, 0.15) is 25.1 Å². The molecule has 2 N–H and O–H groups in total. The van der Waals surface area contributed by atoms with Crippen molar-refractivity contribution >= 4 is 11.7 Å².